The maximum Gasteiger partial charge on any atom is 0.271 e. The molecule has 2 aliphatic rings. The van der Waals surface area contributed by atoms with Crippen LogP contribution in [0.25, 0.3) is 0 Å². The van der Waals surface area contributed by atoms with Gasteiger partial charge in [0.2, 0.25) is 0 Å². The number of hydrogen-bond donors (Lipinski definition) is 1. The Morgan fingerprint density at radius 2 is 2.26 bits per heavy atom. The van der Waals surface area contributed by atoms with Crippen LogP contribution in [0, 0.1) is 5.92 Å². The number of carbonyl (C=O) groups is 1. The smallest absolute Gasteiger partial charge is 0.271 e. The van der Waals surface area contributed by atoms with Crippen molar-refractivity contribution in [2.45, 2.75) is 31.7 Å². The van der Waals surface area contributed by atoms with E-state index in [0.29, 0.717) is 17.7 Å². The van der Waals surface area contributed by atoms with Gasteiger partial charge < -0.3 is 5.32 Å². The van der Waals surface area contributed by atoms with E-state index in [0.717, 1.165) is 25.2 Å². The lowest BCUT2D eigenvalue weighted by molar-refractivity contribution is 0.0945. The van der Waals surface area contributed by atoms with E-state index in [1.165, 1.54) is 19.3 Å². The van der Waals surface area contributed by atoms with Crippen molar-refractivity contribution in [3.8, 4) is 0 Å². The first-order valence-electron chi connectivity index (χ1n) is 7.04. The molecule has 3 rings (SSSR count). The van der Waals surface area contributed by atoms with Crippen molar-refractivity contribution < 1.29 is 4.79 Å². The summed E-state index contributed by atoms with van der Waals surface area (Å²) in [6.45, 7) is 1.86. The summed E-state index contributed by atoms with van der Waals surface area (Å²) in [6.07, 6.45) is 8.09. The summed E-state index contributed by atoms with van der Waals surface area (Å²) in [7, 11) is 2.10. The Kier molecular flexibility index (Phi) is 3.46. The minimum absolute atomic E-state index is 0.0955. The first kappa shape index (κ1) is 12.5. The molecule has 1 atom stereocenters. The average Bonchev–Trinajstić information content (AvgIpc) is 3.17. The van der Waals surface area contributed by atoms with Gasteiger partial charge in [-0.3, -0.25) is 14.7 Å². The van der Waals surface area contributed by atoms with Gasteiger partial charge in [-0.2, -0.15) is 0 Å². The molecule has 1 N–H and O–H groups in total. The third-order valence-corrected chi connectivity index (χ3v) is 4.00. The molecular weight excluding hydrogens is 240 g/mol. The van der Waals surface area contributed by atoms with Gasteiger partial charge >= 0.3 is 0 Å². The van der Waals surface area contributed by atoms with Crippen LogP contribution >= 0.6 is 0 Å². The van der Waals surface area contributed by atoms with Gasteiger partial charge in [0.15, 0.2) is 0 Å². The van der Waals surface area contributed by atoms with Crippen LogP contribution in [0.1, 0.15) is 47.9 Å². The van der Waals surface area contributed by atoms with E-state index in [1.54, 1.807) is 12.4 Å². The quantitative estimate of drug-likeness (QED) is 0.888. The van der Waals surface area contributed by atoms with Crippen LogP contribution in [0.15, 0.2) is 12.4 Å². The summed E-state index contributed by atoms with van der Waals surface area (Å²) < 4.78 is 0. The molecular formula is C14H20N4O. The van der Waals surface area contributed by atoms with Gasteiger partial charge in [0.25, 0.3) is 5.91 Å². The van der Waals surface area contributed by atoms with E-state index in [9.17, 15) is 4.79 Å². The van der Waals surface area contributed by atoms with E-state index in [1.807, 2.05) is 0 Å². The average molecular weight is 260 g/mol. The number of hydrogen-bond acceptors (Lipinski definition) is 4. The molecule has 0 unspecified atom stereocenters. The first-order chi connectivity index (χ1) is 9.24. The van der Waals surface area contributed by atoms with Gasteiger partial charge in [-0.15, -0.1) is 0 Å². The Hall–Kier alpha value is -1.49. The van der Waals surface area contributed by atoms with E-state index in [4.69, 9.17) is 0 Å². The summed E-state index contributed by atoms with van der Waals surface area (Å²) in [5.74, 6) is 0.586. The second kappa shape index (κ2) is 5.25. The predicted molar refractivity (Wildman–Crippen MR) is 71.7 cm³/mol. The molecule has 0 radical (unpaired) electrons. The zero-order valence-corrected chi connectivity index (χ0v) is 11.3. The molecule has 1 aliphatic heterocycles. The molecule has 2 fully saturated rings. The Morgan fingerprint density at radius 3 is 2.95 bits per heavy atom. The fourth-order valence-corrected chi connectivity index (χ4v) is 2.58. The molecule has 102 valence electrons. The Labute approximate surface area is 113 Å². The summed E-state index contributed by atoms with van der Waals surface area (Å²) in [5.41, 5.74) is 1.36. The number of rotatable bonds is 4. The highest BCUT2D eigenvalue weighted by atomic mass is 16.1. The van der Waals surface area contributed by atoms with Crippen molar-refractivity contribution in [1.29, 1.82) is 0 Å². The molecule has 2 heterocycles. The maximum absolute atomic E-state index is 12.0. The van der Waals surface area contributed by atoms with Gasteiger partial charge in [-0.1, -0.05) is 0 Å². The van der Waals surface area contributed by atoms with Crippen molar-refractivity contribution >= 4 is 5.91 Å². The molecule has 1 aromatic rings. The summed E-state index contributed by atoms with van der Waals surface area (Å²) in [6, 6.07) is 0.309. The van der Waals surface area contributed by atoms with Crippen molar-refractivity contribution in [2.24, 2.45) is 5.92 Å². The maximum atomic E-state index is 12.0. The molecule has 0 spiro atoms. The molecule has 5 heteroatoms. The van der Waals surface area contributed by atoms with Gasteiger partial charge in [0.1, 0.15) is 5.69 Å². The highest BCUT2D eigenvalue weighted by Gasteiger charge is 2.25. The van der Waals surface area contributed by atoms with Gasteiger partial charge in [0.05, 0.1) is 24.1 Å². The molecule has 19 heavy (non-hydrogen) atoms. The third kappa shape index (κ3) is 2.92. The van der Waals surface area contributed by atoms with Crippen LogP contribution in [0.4, 0.5) is 0 Å². The molecule has 1 saturated carbocycles. The summed E-state index contributed by atoms with van der Waals surface area (Å²) in [4.78, 5) is 22.9. The number of aromatic nitrogens is 2. The van der Waals surface area contributed by atoms with Crippen LogP contribution in [0.3, 0.4) is 0 Å². The van der Waals surface area contributed by atoms with Crippen LogP contribution in [0.2, 0.25) is 0 Å². The monoisotopic (exact) mass is 260 g/mol. The first-order valence-corrected chi connectivity index (χ1v) is 7.04. The summed E-state index contributed by atoms with van der Waals surface area (Å²) in [5, 5.41) is 2.93. The highest BCUT2D eigenvalue weighted by molar-refractivity contribution is 5.91. The molecule has 1 aromatic heterocycles. The Balaban J connectivity index is 1.69. The van der Waals surface area contributed by atoms with E-state index < -0.39 is 0 Å². The zero-order chi connectivity index (χ0) is 13.2. The SMILES string of the molecule is CN1CCC[C@H]1c1cncc(C(=O)NCC2CC2)n1. The highest BCUT2D eigenvalue weighted by Crippen LogP contribution is 2.29. The number of amides is 1. The van der Waals surface area contributed by atoms with Crippen molar-refractivity contribution in [3.05, 3.63) is 23.8 Å². The lowest BCUT2D eigenvalue weighted by Gasteiger charge is -2.18. The minimum Gasteiger partial charge on any atom is -0.350 e. The van der Waals surface area contributed by atoms with Crippen LogP contribution < -0.4 is 5.32 Å². The third-order valence-electron chi connectivity index (χ3n) is 4.00. The second-order valence-corrected chi connectivity index (χ2v) is 5.62. The molecule has 5 nitrogen and oxygen atoms in total. The lowest BCUT2D eigenvalue weighted by Crippen LogP contribution is -2.27. The lowest BCUT2D eigenvalue weighted by atomic mass is 10.1. The Morgan fingerprint density at radius 1 is 1.42 bits per heavy atom. The molecule has 0 aromatic carbocycles. The van der Waals surface area contributed by atoms with Gasteiger partial charge in [-0.05, 0) is 45.2 Å². The Bertz CT molecular complexity index is 472. The number of nitrogens with zero attached hydrogens (tertiary/aromatic N) is 3. The second-order valence-electron chi connectivity index (χ2n) is 5.62. The topological polar surface area (TPSA) is 58.1 Å². The summed E-state index contributed by atoms with van der Waals surface area (Å²) >= 11 is 0. The molecule has 1 amide bonds. The van der Waals surface area contributed by atoms with E-state index >= 15 is 0 Å². The fourth-order valence-electron chi connectivity index (χ4n) is 2.58. The molecule has 0 bridgehead atoms. The minimum atomic E-state index is -0.0955. The largest absolute Gasteiger partial charge is 0.350 e. The van der Waals surface area contributed by atoms with Crippen molar-refractivity contribution in [1.82, 2.24) is 20.2 Å². The fraction of sp³-hybridized carbons (Fsp3) is 0.643. The van der Waals surface area contributed by atoms with Crippen molar-refractivity contribution in [2.75, 3.05) is 20.1 Å². The standard InChI is InChI=1S/C14H20N4O/c1-18-6-2-3-13(18)11-8-15-9-12(17-11)14(19)16-7-10-4-5-10/h8-10,13H,2-7H2,1H3,(H,16,19)/t13-/m0/s1. The number of nitrogens with one attached hydrogen (secondary N) is 1. The van der Waals surface area contributed by atoms with Crippen LogP contribution in [0.5, 0.6) is 0 Å². The van der Waals surface area contributed by atoms with E-state index in [2.05, 4.69) is 27.2 Å². The van der Waals surface area contributed by atoms with Gasteiger partial charge in [0, 0.05) is 6.54 Å². The van der Waals surface area contributed by atoms with Crippen molar-refractivity contribution in [3.63, 3.8) is 0 Å². The number of likely N-dealkylation sites (tertiary alicyclic amines) is 1. The predicted octanol–water partition coefficient (Wildman–Crippen LogP) is 1.38. The zero-order valence-electron chi connectivity index (χ0n) is 11.3. The van der Waals surface area contributed by atoms with E-state index in [-0.39, 0.29) is 5.91 Å². The van der Waals surface area contributed by atoms with Crippen LogP contribution in [-0.2, 0) is 0 Å². The van der Waals surface area contributed by atoms with Crippen LogP contribution in [-0.4, -0.2) is 40.9 Å². The van der Waals surface area contributed by atoms with Gasteiger partial charge in [-0.25, -0.2) is 4.98 Å². The molecule has 1 aliphatic carbocycles. The number of carbonyl (C=O) groups excluding carboxylic acids is 1. The molecule has 1 saturated heterocycles. The normalized spacial score (nSPS) is 23.5.